The normalized spacial score (nSPS) is 11.7. The van der Waals surface area contributed by atoms with Gasteiger partial charge < -0.3 is 14.4 Å². The van der Waals surface area contributed by atoms with Gasteiger partial charge in [0.15, 0.2) is 5.60 Å². The van der Waals surface area contributed by atoms with Crippen LogP contribution in [-0.4, -0.2) is 21.2 Å². The van der Waals surface area contributed by atoms with Crippen molar-refractivity contribution < 1.29 is 14.6 Å². The molecule has 1 aromatic heterocycles. The van der Waals surface area contributed by atoms with Gasteiger partial charge >= 0.3 is 5.97 Å². The molecule has 3 rings (SSSR count). The summed E-state index contributed by atoms with van der Waals surface area (Å²) >= 11 is 0. The predicted molar refractivity (Wildman–Crippen MR) is 105 cm³/mol. The summed E-state index contributed by atoms with van der Waals surface area (Å²) in [4.78, 5) is 11.4. The Balaban J connectivity index is 2.17. The third-order valence-electron chi connectivity index (χ3n) is 4.69. The van der Waals surface area contributed by atoms with Gasteiger partial charge in [-0.3, -0.25) is 0 Å². The van der Waals surface area contributed by atoms with Crippen molar-refractivity contribution in [3.63, 3.8) is 0 Å². The fraction of sp³-hybridized carbons (Fsp3) is 0.318. The number of hydrogen-bond donors (Lipinski definition) is 1. The molecule has 0 atom stereocenters. The van der Waals surface area contributed by atoms with Crippen LogP contribution in [0.2, 0.25) is 0 Å². The SMILES string of the molecule is CCCn1c(C)c(-c2ccccc2)c2ccc(OC(C)(C)C(=O)O)cc21. The molecule has 0 bridgehead atoms. The third kappa shape index (κ3) is 3.19. The van der Waals surface area contributed by atoms with Gasteiger partial charge in [0.1, 0.15) is 5.75 Å². The van der Waals surface area contributed by atoms with E-state index in [1.54, 1.807) is 13.8 Å². The molecule has 0 aliphatic heterocycles. The molecule has 0 spiro atoms. The van der Waals surface area contributed by atoms with Crippen LogP contribution in [0.1, 0.15) is 32.9 Å². The van der Waals surface area contributed by atoms with E-state index < -0.39 is 11.6 Å². The number of carboxylic acids is 1. The molecule has 0 radical (unpaired) electrons. The van der Waals surface area contributed by atoms with Gasteiger partial charge in [-0.1, -0.05) is 37.3 Å². The first kappa shape index (κ1) is 18.1. The second-order valence-corrected chi connectivity index (χ2v) is 7.07. The fourth-order valence-corrected chi connectivity index (χ4v) is 3.34. The van der Waals surface area contributed by atoms with E-state index in [2.05, 4.69) is 30.5 Å². The maximum absolute atomic E-state index is 11.4. The summed E-state index contributed by atoms with van der Waals surface area (Å²) in [6, 6.07) is 16.2. The van der Waals surface area contributed by atoms with E-state index in [-0.39, 0.29) is 0 Å². The lowest BCUT2D eigenvalue weighted by Crippen LogP contribution is -2.37. The number of carboxylic acid groups (broad SMARTS) is 1. The molecule has 2 aromatic carbocycles. The van der Waals surface area contributed by atoms with E-state index in [4.69, 9.17) is 4.74 Å². The number of benzene rings is 2. The van der Waals surface area contributed by atoms with E-state index in [0.29, 0.717) is 5.75 Å². The highest BCUT2D eigenvalue weighted by molar-refractivity contribution is 5.98. The largest absolute Gasteiger partial charge is 0.478 e. The Bertz CT molecular complexity index is 939. The average Bonchev–Trinajstić information content (AvgIpc) is 2.87. The summed E-state index contributed by atoms with van der Waals surface area (Å²) in [7, 11) is 0. The molecule has 26 heavy (non-hydrogen) atoms. The van der Waals surface area contributed by atoms with Crippen molar-refractivity contribution in [3.05, 3.63) is 54.2 Å². The topological polar surface area (TPSA) is 51.5 Å². The van der Waals surface area contributed by atoms with E-state index in [0.717, 1.165) is 23.9 Å². The minimum absolute atomic E-state index is 0.569. The highest BCUT2D eigenvalue weighted by Gasteiger charge is 2.29. The zero-order valence-corrected chi connectivity index (χ0v) is 15.7. The number of hydrogen-bond acceptors (Lipinski definition) is 2. The van der Waals surface area contributed by atoms with Crippen molar-refractivity contribution in [1.29, 1.82) is 0 Å². The summed E-state index contributed by atoms with van der Waals surface area (Å²) in [6.45, 7) is 8.32. The maximum atomic E-state index is 11.4. The minimum Gasteiger partial charge on any atom is -0.478 e. The van der Waals surface area contributed by atoms with Crippen LogP contribution in [0.5, 0.6) is 5.75 Å². The fourth-order valence-electron chi connectivity index (χ4n) is 3.34. The summed E-state index contributed by atoms with van der Waals surface area (Å²) in [5.41, 5.74) is 3.42. The molecule has 0 amide bonds. The number of carbonyl (C=O) groups is 1. The van der Waals surface area contributed by atoms with Crippen LogP contribution in [0.25, 0.3) is 22.0 Å². The number of fused-ring (bicyclic) bond motifs is 1. The van der Waals surface area contributed by atoms with Crippen molar-refractivity contribution in [2.45, 2.75) is 46.3 Å². The molecule has 3 aromatic rings. The Labute approximate surface area is 154 Å². The zero-order valence-electron chi connectivity index (χ0n) is 15.7. The Morgan fingerprint density at radius 2 is 1.85 bits per heavy atom. The first-order valence-electron chi connectivity index (χ1n) is 8.96. The maximum Gasteiger partial charge on any atom is 0.347 e. The molecule has 1 heterocycles. The van der Waals surface area contributed by atoms with Crippen LogP contribution >= 0.6 is 0 Å². The van der Waals surface area contributed by atoms with Gasteiger partial charge in [-0.15, -0.1) is 0 Å². The van der Waals surface area contributed by atoms with Gasteiger partial charge in [0.05, 0.1) is 5.52 Å². The number of ether oxygens (including phenoxy) is 1. The summed E-state index contributed by atoms with van der Waals surface area (Å²) in [6.07, 6.45) is 1.02. The van der Waals surface area contributed by atoms with Crippen molar-refractivity contribution in [2.75, 3.05) is 0 Å². The molecular formula is C22H25NO3. The highest BCUT2D eigenvalue weighted by atomic mass is 16.5. The monoisotopic (exact) mass is 351 g/mol. The molecule has 0 aliphatic carbocycles. The predicted octanol–water partition coefficient (Wildman–Crippen LogP) is 5.27. The van der Waals surface area contributed by atoms with E-state index >= 15 is 0 Å². The Morgan fingerprint density at radius 3 is 2.46 bits per heavy atom. The lowest BCUT2D eigenvalue weighted by Gasteiger charge is -2.21. The molecule has 136 valence electrons. The van der Waals surface area contributed by atoms with Crippen LogP contribution < -0.4 is 4.74 Å². The van der Waals surface area contributed by atoms with Crippen LogP contribution in [0.3, 0.4) is 0 Å². The molecule has 1 N–H and O–H groups in total. The van der Waals surface area contributed by atoms with E-state index in [9.17, 15) is 9.90 Å². The van der Waals surface area contributed by atoms with Gasteiger partial charge in [0.2, 0.25) is 0 Å². The van der Waals surface area contributed by atoms with Gasteiger partial charge in [0, 0.05) is 29.3 Å². The third-order valence-corrected chi connectivity index (χ3v) is 4.69. The second-order valence-electron chi connectivity index (χ2n) is 7.07. The number of nitrogens with zero attached hydrogens (tertiary/aromatic N) is 1. The van der Waals surface area contributed by atoms with Crippen molar-refractivity contribution in [2.24, 2.45) is 0 Å². The molecule has 0 aliphatic rings. The first-order valence-corrected chi connectivity index (χ1v) is 8.96. The summed E-state index contributed by atoms with van der Waals surface area (Å²) in [5, 5.41) is 10.5. The number of rotatable bonds is 6. The van der Waals surface area contributed by atoms with E-state index in [1.807, 2.05) is 36.4 Å². The minimum atomic E-state index is -1.27. The molecular weight excluding hydrogens is 326 g/mol. The second kappa shape index (κ2) is 6.87. The Kier molecular flexibility index (Phi) is 4.77. The summed E-state index contributed by atoms with van der Waals surface area (Å²) in [5.74, 6) is -0.415. The van der Waals surface area contributed by atoms with Crippen LogP contribution in [0.4, 0.5) is 0 Å². The van der Waals surface area contributed by atoms with Gasteiger partial charge in [0.25, 0.3) is 0 Å². The number of aliphatic carboxylic acids is 1. The van der Waals surface area contributed by atoms with E-state index in [1.165, 1.54) is 16.8 Å². The van der Waals surface area contributed by atoms with Crippen molar-refractivity contribution in [1.82, 2.24) is 4.57 Å². The van der Waals surface area contributed by atoms with Crippen molar-refractivity contribution >= 4 is 16.9 Å². The Hall–Kier alpha value is -2.75. The number of aryl methyl sites for hydroxylation is 1. The Morgan fingerprint density at radius 1 is 1.15 bits per heavy atom. The molecule has 4 heteroatoms. The van der Waals surface area contributed by atoms with Gasteiger partial charge in [-0.2, -0.15) is 0 Å². The average molecular weight is 351 g/mol. The molecule has 0 saturated carbocycles. The van der Waals surface area contributed by atoms with Gasteiger partial charge in [-0.05, 0) is 44.9 Å². The van der Waals surface area contributed by atoms with Crippen LogP contribution in [0.15, 0.2) is 48.5 Å². The quantitative estimate of drug-likeness (QED) is 0.658. The zero-order chi connectivity index (χ0) is 18.9. The van der Waals surface area contributed by atoms with Gasteiger partial charge in [-0.25, -0.2) is 4.79 Å². The molecule has 0 saturated heterocycles. The summed E-state index contributed by atoms with van der Waals surface area (Å²) < 4.78 is 8.04. The molecule has 0 unspecified atom stereocenters. The highest BCUT2D eigenvalue weighted by Crippen LogP contribution is 2.37. The lowest BCUT2D eigenvalue weighted by atomic mass is 10.0. The lowest BCUT2D eigenvalue weighted by molar-refractivity contribution is -0.152. The molecule has 0 fully saturated rings. The first-order chi connectivity index (χ1) is 12.3. The smallest absolute Gasteiger partial charge is 0.347 e. The molecule has 4 nitrogen and oxygen atoms in total. The standard InChI is InChI=1S/C22H25NO3/c1-5-13-23-15(2)20(16-9-7-6-8-10-16)18-12-11-17(14-19(18)23)26-22(3,4)21(24)25/h6-12,14H,5,13H2,1-4H3,(H,24,25). The number of aromatic nitrogens is 1. The van der Waals surface area contributed by atoms with Crippen LogP contribution in [-0.2, 0) is 11.3 Å². The van der Waals surface area contributed by atoms with Crippen LogP contribution in [0, 0.1) is 6.92 Å². The van der Waals surface area contributed by atoms with Crippen molar-refractivity contribution in [3.8, 4) is 16.9 Å².